The highest BCUT2D eigenvalue weighted by atomic mass is 16.5. The summed E-state index contributed by atoms with van der Waals surface area (Å²) < 4.78 is 5.55. The zero-order valence-electron chi connectivity index (χ0n) is 13.5. The first-order valence-corrected chi connectivity index (χ1v) is 8.52. The summed E-state index contributed by atoms with van der Waals surface area (Å²) >= 11 is 0. The number of nitrogens with one attached hydrogen (secondary N) is 1. The number of ether oxygens (including phenoxy) is 1. The van der Waals surface area contributed by atoms with Crippen molar-refractivity contribution in [2.24, 2.45) is 4.99 Å². The quantitative estimate of drug-likeness (QED) is 0.850. The lowest BCUT2D eigenvalue weighted by Crippen LogP contribution is -2.14. The van der Waals surface area contributed by atoms with E-state index in [1.807, 2.05) is 12.1 Å². The van der Waals surface area contributed by atoms with Crippen molar-refractivity contribution in [3.63, 3.8) is 0 Å². The molecule has 1 saturated heterocycles. The Morgan fingerprint density at radius 3 is 2.73 bits per heavy atom. The average Bonchev–Trinajstić information content (AvgIpc) is 3.08. The summed E-state index contributed by atoms with van der Waals surface area (Å²) in [4.78, 5) is 5.10. The minimum Gasteiger partial charge on any atom is -0.496 e. The van der Waals surface area contributed by atoms with Gasteiger partial charge in [0, 0.05) is 17.8 Å². The Hall–Kier alpha value is -1.77. The molecule has 3 rings (SSSR count). The topological polar surface area (TPSA) is 33.6 Å². The first kappa shape index (κ1) is 15.1. The molecule has 2 aliphatic rings. The highest BCUT2D eigenvalue weighted by molar-refractivity contribution is 6.11. The first-order valence-electron chi connectivity index (χ1n) is 8.52. The Balaban J connectivity index is 1.94. The molecule has 1 aromatic carbocycles. The third-order valence-electron chi connectivity index (χ3n) is 4.57. The third kappa shape index (κ3) is 3.70. The van der Waals surface area contributed by atoms with Gasteiger partial charge in [0.05, 0.1) is 18.9 Å². The Morgan fingerprint density at radius 2 is 2.00 bits per heavy atom. The van der Waals surface area contributed by atoms with E-state index in [1.165, 1.54) is 44.2 Å². The number of para-hydroxylation sites is 1. The van der Waals surface area contributed by atoms with Gasteiger partial charge >= 0.3 is 0 Å². The molecular weight excluding hydrogens is 272 g/mol. The van der Waals surface area contributed by atoms with Gasteiger partial charge in [-0.25, -0.2) is 0 Å². The van der Waals surface area contributed by atoms with Gasteiger partial charge in [-0.1, -0.05) is 31.4 Å². The van der Waals surface area contributed by atoms with Gasteiger partial charge in [0.25, 0.3) is 0 Å². The van der Waals surface area contributed by atoms with Crippen molar-refractivity contribution in [2.75, 3.05) is 13.7 Å². The molecule has 3 heteroatoms. The van der Waals surface area contributed by atoms with Gasteiger partial charge in [0.1, 0.15) is 5.75 Å². The molecule has 0 spiro atoms. The molecule has 1 saturated carbocycles. The van der Waals surface area contributed by atoms with Gasteiger partial charge in [-0.05, 0) is 43.9 Å². The van der Waals surface area contributed by atoms with Crippen LogP contribution in [0.3, 0.4) is 0 Å². The molecule has 3 nitrogen and oxygen atoms in total. The molecule has 1 aliphatic carbocycles. The van der Waals surface area contributed by atoms with Crippen molar-refractivity contribution in [3.8, 4) is 5.75 Å². The standard InChI is InChI=1S/C19H26N2O/c1-22-19-12-6-5-11-17(19)18(14-16-10-7-13-20-16)21-15-8-3-2-4-9-15/h5-6,11-12,14-15,20H,2-4,7-10,13H2,1H3/b16-14-,21-18?. The number of nitrogens with zero attached hydrogens (tertiary/aromatic N) is 1. The maximum Gasteiger partial charge on any atom is 0.128 e. The second-order valence-electron chi connectivity index (χ2n) is 6.21. The molecule has 0 radical (unpaired) electrons. The largest absolute Gasteiger partial charge is 0.496 e. The summed E-state index contributed by atoms with van der Waals surface area (Å²) in [5.41, 5.74) is 3.49. The van der Waals surface area contributed by atoms with Crippen LogP contribution in [0.15, 0.2) is 41.0 Å². The van der Waals surface area contributed by atoms with Gasteiger partial charge in [-0.3, -0.25) is 4.99 Å². The molecule has 1 aromatic rings. The van der Waals surface area contributed by atoms with Crippen LogP contribution < -0.4 is 10.1 Å². The lowest BCUT2D eigenvalue weighted by atomic mass is 9.95. The smallest absolute Gasteiger partial charge is 0.128 e. The molecule has 22 heavy (non-hydrogen) atoms. The number of hydrogen-bond acceptors (Lipinski definition) is 3. The normalized spacial score (nSPS) is 21.9. The number of hydrogen-bond donors (Lipinski definition) is 1. The van der Waals surface area contributed by atoms with Crippen molar-refractivity contribution < 1.29 is 4.74 Å². The molecule has 1 aliphatic heterocycles. The van der Waals surface area contributed by atoms with Gasteiger partial charge < -0.3 is 10.1 Å². The van der Waals surface area contributed by atoms with E-state index >= 15 is 0 Å². The Morgan fingerprint density at radius 1 is 1.18 bits per heavy atom. The van der Waals surface area contributed by atoms with Crippen LogP contribution in [-0.4, -0.2) is 25.4 Å². The fraction of sp³-hybridized carbons (Fsp3) is 0.526. The van der Waals surface area contributed by atoms with Crippen LogP contribution in [0.2, 0.25) is 0 Å². The van der Waals surface area contributed by atoms with Crippen LogP contribution in [0.25, 0.3) is 0 Å². The van der Waals surface area contributed by atoms with Gasteiger partial charge in [-0.15, -0.1) is 0 Å². The van der Waals surface area contributed by atoms with Gasteiger partial charge in [-0.2, -0.15) is 0 Å². The summed E-state index contributed by atoms with van der Waals surface area (Å²) in [5.74, 6) is 0.909. The SMILES string of the molecule is COc1ccccc1C(/C=C1/CCCN1)=NC1CCCCC1. The number of methoxy groups -OCH3 is 1. The molecule has 0 unspecified atom stereocenters. The minimum absolute atomic E-state index is 0.465. The lowest BCUT2D eigenvalue weighted by Gasteiger charge is -2.19. The average molecular weight is 298 g/mol. The fourth-order valence-electron chi connectivity index (χ4n) is 3.35. The summed E-state index contributed by atoms with van der Waals surface area (Å²) in [7, 11) is 1.73. The first-order chi connectivity index (χ1) is 10.9. The molecule has 0 atom stereocenters. The van der Waals surface area contributed by atoms with Crippen molar-refractivity contribution in [3.05, 3.63) is 41.6 Å². The molecular formula is C19H26N2O. The number of rotatable bonds is 4. The zero-order valence-corrected chi connectivity index (χ0v) is 13.5. The van der Waals surface area contributed by atoms with Crippen molar-refractivity contribution in [1.82, 2.24) is 5.32 Å². The summed E-state index contributed by atoms with van der Waals surface area (Å²) in [6, 6.07) is 8.68. The number of allylic oxidation sites excluding steroid dienone is 2. The molecule has 0 amide bonds. The predicted octanol–water partition coefficient (Wildman–Crippen LogP) is 4.08. The van der Waals surface area contributed by atoms with Crippen LogP contribution in [0, 0.1) is 0 Å². The van der Waals surface area contributed by atoms with E-state index in [2.05, 4.69) is 23.5 Å². The molecule has 0 bridgehead atoms. The highest BCUT2D eigenvalue weighted by Gasteiger charge is 2.16. The van der Waals surface area contributed by atoms with Crippen molar-refractivity contribution in [1.29, 1.82) is 0 Å². The van der Waals surface area contributed by atoms with Crippen LogP contribution in [0.4, 0.5) is 0 Å². The molecule has 118 valence electrons. The van der Waals surface area contributed by atoms with Gasteiger partial charge in [0.15, 0.2) is 0 Å². The lowest BCUT2D eigenvalue weighted by molar-refractivity contribution is 0.413. The van der Waals surface area contributed by atoms with E-state index in [4.69, 9.17) is 9.73 Å². The summed E-state index contributed by atoms with van der Waals surface area (Å²) in [6.07, 6.45) is 11.0. The van der Waals surface area contributed by atoms with Crippen molar-refractivity contribution in [2.45, 2.75) is 51.0 Å². The number of benzene rings is 1. The molecule has 0 aromatic heterocycles. The molecule has 1 N–H and O–H groups in total. The second kappa shape index (κ2) is 7.48. The van der Waals surface area contributed by atoms with Crippen LogP contribution in [0.1, 0.15) is 50.5 Å². The third-order valence-corrected chi connectivity index (χ3v) is 4.57. The van der Waals surface area contributed by atoms with E-state index in [0.29, 0.717) is 6.04 Å². The Bertz CT molecular complexity index is 548. The van der Waals surface area contributed by atoms with Crippen molar-refractivity contribution >= 4 is 5.71 Å². The minimum atomic E-state index is 0.465. The monoisotopic (exact) mass is 298 g/mol. The van der Waals surface area contributed by atoms with Crippen LogP contribution in [0.5, 0.6) is 5.75 Å². The van der Waals surface area contributed by atoms with E-state index in [-0.39, 0.29) is 0 Å². The fourth-order valence-corrected chi connectivity index (χ4v) is 3.35. The van der Waals surface area contributed by atoms with E-state index < -0.39 is 0 Å². The highest BCUT2D eigenvalue weighted by Crippen LogP contribution is 2.25. The Labute approximate surface area is 133 Å². The molecule has 2 fully saturated rings. The maximum absolute atomic E-state index is 5.55. The van der Waals surface area contributed by atoms with E-state index in [1.54, 1.807) is 7.11 Å². The number of aliphatic imine (C=N–C) groups is 1. The van der Waals surface area contributed by atoms with Gasteiger partial charge in [0.2, 0.25) is 0 Å². The van der Waals surface area contributed by atoms with Crippen LogP contribution in [-0.2, 0) is 0 Å². The predicted molar refractivity (Wildman–Crippen MR) is 91.7 cm³/mol. The maximum atomic E-state index is 5.55. The zero-order chi connectivity index (χ0) is 15.2. The Kier molecular flexibility index (Phi) is 5.15. The van der Waals surface area contributed by atoms with E-state index in [9.17, 15) is 0 Å². The molecule has 1 heterocycles. The van der Waals surface area contributed by atoms with E-state index in [0.717, 1.165) is 30.0 Å². The van der Waals surface area contributed by atoms with Crippen LogP contribution >= 0.6 is 0 Å². The summed E-state index contributed by atoms with van der Waals surface area (Å²) in [5, 5.41) is 3.47. The second-order valence-corrected chi connectivity index (χ2v) is 6.21. The summed E-state index contributed by atoms with van der Waals surface area (Å²) in [6.45, 7) is 1.08.